The fourth-order valence-electron chi connectivity index (χ4n) is 3.09. The number of fused-ring (bicyclic) bond motifs is 1. The van der Waals surface area contributed by atoms with E-state index < -0.39 is 5.97 Å². The first-order chi connectivity index (χ1) is 13.9. The number of aromatic nitrogens is 1. The molecule has 0 amide bonds. The number of halogens is 2. The number of carboxylic acid groups (broad SMARTS) is 1. The van der Waals surface area contributed by atoms with Crippen molar-refractivity contribution in [3.8, 4) is 11.3 Å². The number of para-hydroxylation sites is 1. The van der Waals surface area contributed by atoms with Crippen LogP contribution < -0.4 is 0 Å². The smallest absolute Gasteiger partial charge is 0.336 e. The third-order valence-corrected chi connectivity index (χ3v) is 5.28. The third kappa shape index (κ3) is 3.90. The highest BCUT2D eigenvalue weighted by molar-refractivity contribution is 6.42. The van der Waals surface area contributed by atoms with E-state index in [1.165, 1.54) is 0 Å². The Morgan fingerprint density at radius 1 is 1.03 bits per heavy atom. The van der Waals surface area contributed by atoms with E-state index in [4.69, 9.17) is 27.6 Å². The molecule has 0 aliphatic carbocycles. The molecule has 4 nitrogen and oxygen atoms in total. The number of hydrogen-bond donors (Lipinski definition) is 1. The van der Waals surface area contributed by atoms with E-state index in [1.807, 2.05) is 37.3 Å². The Morgan fingerprint density at radius 3 is 2.62 bits per heavy atom. The van der Waals surface area contributed by atoms with E-state index in [0.29, 0.717) is 38.2 Å². The van der Waals surface area contributed by atoms with E-state index in [-0.39, 0.29) is 5.56 Å². The van der Waals surface area contributed by atoms with Crippen LogP contribution in [0.25, 0.3) is 34.4 Å². The molecule has 2 aromatic carbocycles. The van der Waals surface area contributed by atoms with E-state index in [0.717, 1.165) is 11.1 Å². The van der Waals surface area contributed by atoms with Gasteiger partial charge in [0, 0.05) is 10.9 Å². The van der Waals surface area contributed by atoms with E-state index in [9.17, 15) is 9.90 Å². The van der Waals surface area contributed by atoms with Crippen molar-refractivity contribution in [1.82, 2.24) is 4.98 Å². The van der Waals surface area contributed by atoms with Crippen molar-refractivity contribution in [2.24, 2.45) is 0 Å². The van der Waals surface area contributed by atoms with Gasteiger partial charge in [0.05, 0.1) is 26.8 Å². The molecular weight excluding hydrogens is 409 g/mol. The van der Waals surface area contributed by atoms with Gasteiger partial charge >= 0.3 is 5.97 Å². The molecule has 4 rings (SSSR count). The van der Waals surface area contributed by atoms with Gasteiger partial charge in [-0.05, 0) is 61.0 Å². The number of nitrogens with zero attached hydrogens (tertiary/aromatic N) is 1. The van der Waals surface area contributed by atoms with Gasteiger partial charge in [-0.2, -0.15) is 0 Å². The maximum absolute atomic E-state index is 11.7. The van der Waals surface area contributed by atoms with Crippen LogP contribution in [0.4, 0.5) is 0 Å². The Hall–Kier alpha value is -3.08. The maximum atomic E-state index is 11.7. The molecule has 0 atom stereocenters. The minimum absolute atomic E-state index is 0.217. The molecule has 2 heterocycles. The number of furan rings is 1. The zero-order valence-electron chi connectivity index (χ0n) is 15.3. The number of aryl methyl sites for hydroxylation is 1. The van der Waals surface area contributed by atoms with E-state index in [1.54, 1.807) is 36.4 Å². The van der Waals surface area contributed by atoms with Crippen molar-refractivity contribution >= 4 is 52.2 Å². The van der Waals surface area contributed by atoms with Crippen LogP contribution in [0.5, 0.6) is 0 Å². The summed E-state index contributed by atoms with van der Waals surface area (Å²) in [7, 11) is 0. The lowest BCUT2D eigenvalue weighted by atomic mass is 10.0. The summed E-state index contributed by atoms with van der Waals surface area (Å²) in [5.41, 5.74) is 3.15. The summed E-state index contributed by atoms with van der Waals surface area (Å²) in [6, 6.07) is 16.0. The SMILES string of the molecule is Cc1cccc2c(C(=O)O)cc(C=Cc3ccc(-c4ccc(Cl)c(Cl)c4)o3)nc12. The second kappa shape index (κ2) is 7.74. The second-order valence-electron chi connectivity index (χ2n) is 6.54. The summed E-state index contributed by atoms with van der Waals surface area (Å²) in [6.07, 6.45) is 3.48. The molecule has 2 aromatic heterocycles. The maximum Gasteiger partial charge on any atom is 0.336 e. The Balaban J connectivity index is 1.68. The summed E-state index contributed by atoms with van der Waals surface area (Å²) >= 11 is 12.0. The zero-order valence-corrected chi connectivity index (χ0v) is 16.8. The van der Waals surface area contributed by atoms with Gasteiger partial charge in [-0.25, -0.2) is 9.78 Å². The zero-order chi connectivity index (χ0) is 20.5. The van der Waals surface area contributed by atoms with Crippen LogP contribution in [0.2, 0.25) is 10.0 Å². The number of carboxylic acids is 1. The molecule has 0 radical (unpaired) electrons. The number of pyridine rings is 1. The van der Waals surface area contributed by atoms with Crippen LogP contribution in [0.1, 0.15) is 27.4 Å². The molecule has 0 saturated heterocycles. The highest BCUT2D eigenvalue weighted by Gasteiger charge is 2.12. The Labute approximate surface area is 177 Å². The first-order valence-electron chi connectivity index (χ1n) is 8.79. The Bertz CT molecular complexity index is 1270. The van der Waals surface area contributed by atoms with Crippen molar-refractivity contribution in [3.05, 3.63) is 87.2 Å². The largest absolute Gasteiger partial charge is 0.478 e. The van der Waals surface area contributed by atoms with Crippen molar-refractivity contribution in [2.75, 3.05) is 0 Å². The summed E-state index contributed by atoms with van der Waals surface area (Å²) in [4.78, 5) is 16.3. The standard InChI is InChI=1S/C23H15Cl2NO3/c1-13-3-2-4-17-18(23(27)28)12-15(26-22(13)17)6-7-16-8-10-21(29-16)14-5-9-19(24)20(25)11-14/h2-12H,1H3,(H,27,28). The molecule has 6 heteroatoms. The average Bonchev–Trinajstić information content (AvgIpc) is 3.17. The Morgan fingerprint density at radius 2 is 1.86 bits per heavy atom. The molecule has 0 aliphatic heterocycles. The quantitative estimate of drug-likeness (QED) is 0.384. The van der Waals surface area contributed by atoms with Crippen LogP contribution in [0, 0.1) is 6.92 Å². The van der Waals surface area contributed by atoms with E-state index in [2.05, 4.69) is 4.98 Å². The summed E-state index contributed by atoms with van der Waals surface area (Å²) in [6.45, 7) is 1.91. The fraction of sp³-hybridized carbons (Fsp3) is 0.0435. The molecule has 144 valence electrons. The molecule has 0 unspecified atom stereocenters. The molecule has 0 spiro atoms. The molecule has 0 saturated carbocycles. The van der Waals surface area contributed by atoms with Gasteiger partial charge in [-0.3, -0.25) is 0 Å². The monoisotopic (exact) mass is 423 g/mol. The number of carbonyl (C=O) groups is 1. The number of aromatic carboxylic acids is 1. The van der Waals surface area contributed by atoms with E-state index >= 15 is 0 Å². The van der Waals surface area contributed by atoms with Gasteiger partial charge in [0.2, 0.25) is 0 Å². The molecule has 29 heavy (non-hydrogen) atoms. The van der Waals surface area contributed by atoms with Crippen molar-refractivity contribution < 1.29 is 14.3 Å². The van der Waals surface area contributed by atoms with Crippen LogP contribution in [-0.2, 0) is 0 Å². The fourth-order valence-corrected chi connectivity index (χ4v) is 3.39. The highest BCUT2D eigenvalue weighted by atomic mass is 35.5. The number of benzene rings is 2. The predicted octanol–water partition coefficient (Wildman–Crippen LogP) is 6.98. The summed E-state index contributed by atoms with van der Waals surface area (Å²) in [5, 5.41) is 11.1. The van der Waals surface area contributed by atoms with Crippen LogP contribution >= 0.6 is 23.2 Å². The van der Waals surface area contributed by atoms with Crippen LogP contribution in [0.3, 0.4) is 0 Å². The molecule has 4 aromatic rings. The number of rotatable bonds is 4. The van der Waals surface area contributed by atoms with Gasteiger partial charge in [0.15, 0.2) is 0 Å². The second-order valence-corrected chi connectivity index (χ2v) is 7.35. The number of hydrogen-bond acceptors (Lipinski definition) is 3. The van der Waals surface area contributed by atoms with Gasteiger partial charge < -0.3 is 9.52 Å². The minimum atomic E-state index is -0.988. The van der Waals surface area contributed by atoms with Gasteiger partial charge in [-0.15, -0.1) is 0 Å². The van der Waals surface area contributed by atoms with Gasteiger partial charge in [-0.1, -0.05) is 41.4 Å². The molecular formula is C23H15Cl2NO3. The van der Waals surface area contributed by atoms with Crippen molar-refractivity contribution in [3.63, 3.8) is 0 Å². The average molecular weight is 424 g/mol. The lowest BCUT2D eigenvalue weighted by Gasteiger charge is -2.06. The summed E-state index contributed by atoms with van der Waals surface area (Å²) < 4.78 is 5.84. The van der Waals surface area contributed by atoms with Crippen LogP contribution in [0.15, 0.2) is 59.0 Å². The topological polar surface area (TPSA) is 63.3 Å². The minimum Gasteiger partial charge on any atom is -0.478 e. The summed E-state index contributed by atoms with van der Waals surface area (Å²) in [5.74, 6) is 0.268. The lowest BCUT2D eigenvalue weighted by molar-refractivity contribution is 0.0699. The Kier molecular flexibility index (Phi) is 5.14. The molecule has 0 fully saturated rings. The molecule has 0 bridgehead atoms. The van der Waals surface area contributed by atoms with Crippen molar-refractivity contribution in [2.45, 2.75) is 6.92 Å². The lowest BCUT2D eigenvalue weighted by Crippen LogP contribution is -2.01. The van der Waals surface area contributed by atoms with Gasteiger partial charge in [0.1, 0.15) is 11.5 Å². The van der Waals surface area contributed by atoms with Gasteiger partial charge in [0.25, 0.3) is 0 Å². The predicted molar refractivity (Wildman–Crippen MR) is 117 cm³/mol. The first-order valence-corrected chi connectivity index (χ1v) is 9.55. The third-order valence-electron chi connectivity index (χ3n) is 4.54. The molecule has 1 N–H and O–H groups in total. The highest BCUT2D eigenvalue weighted by Crippen LogP contribution is 2.30. The first kappa shape index (κ1) is 19.2. The van der Waals surface area contributed by atoms with Crippen LogP contribution in [-0.4, -0.2) is 16.1 Å². The van der Waals surface area contributed by atoms with Crippen molar-refractivity contribution in [1.29, 1.82) is 0 Å². The molecule has 0 aliphatic rings. The normalized spacial score (nSPS) is 11.4.